The quantitative estimate of drug-likeness (QED) is 0.848. The van der Waals surface area contributed by atoms with E-state index in [9.17, 15) is 9.59 Å². The Labute approximate surface area is 130 Å². The number of amides is 2. The minimum atomic E-state index is -0.857. The molecular weight excluding hydrogens is 348 g/mol. The molecule has 0 saturated carbocycles. The number of carboxylic acids is 1. The van der Waals surface area contributed by atoms with Gasteiger partial charge in [-0.1, -0.05) is 27.5 Å². The van der Waals surface area contributed by atoms with E-state index < -0.39 is 11.9 Å². The molecular formula is C13H14BrClN2O3. The number of nitrogens with zero attached hydrogens (tertiary/aromatic N) is 1. The number of carbonyl (C=O) groups is 2. The molecule has 0 bridgehead atoms. The van der Waals surface area contributed by atoms with Crippen molar-refractivity contribution in [2.24, 2.45) is 5.92 Å². The standard InChI is InChI=1S/C13H14BrClN2O3/c14-9-3-4-11(10(15)6-9)16-13(20)17-5-1-2-8(7-17)12(18)19/h3-4,6,8H,1-2,5,7H2,(H,16,20)(H,18,19)/t8-/m0/s1. The number of urea groups is 1. The van der Waals surface area contributed by atoms with Crippen LogP contribution < -0.4 is 5.32 Å². The van der Waals surface area contributed by atoms with Gasteiger partial charge in [-0.25, -0.2) is 4.79 Å². The van der Waals surface area contributed by atoms with Crippen LogP contribution in [-0.4, -0.2) is 35.1 Å². The molecule has 1 aliphatic rings. The molecule has 1 aliphatic heterocycles. The van der Waals surface area contributed by atoms with Crippen molar-refractivity contribution in [1.29, 1.82) is 0 Å². The second kappa shape index (κ2) is 6.45. The van der Waals surface area contributed by atoms with Crippen LogP contribution in [0.2, 0.25) is 5.02 Å². The average Bonchev–Trinajstić information content (AvgIpc) is 2.42. The summed E-state index contributed by atoms with van der Waals surface area (Å²) >= 11 is 9.32. The molecule has 0 aliphatic carbocycles. The number of anilines is 1. The molecule has 2 amide bonds. The molecule has 0 unspecified atom stereocenters. The molecule has 20 heavy (non-hydrogen) atoms. The molecule has 108 valence electrons. The van der Waals surface area contributed by atoms with Crippen LogP contribution in [0.5, 0.6) is 0 Å². The average molecular weight is 362 g/mol. The lowest BCUT2D eigenvalue weighted by molar-refractivity contribution is -0.143. The Morgan fingerprint density at radius 3 is 2.85 bits per heavy atom. The van der Waals surface area contributed by atoms with E-state index in [0.717, 1.165) is 4.47 Å². The van der Waals surface area contributed by atoms with Gasteiger partial charge in [-0.05, 0) is 31.0 Å². The fourth-order valence-corrected chi connectivity index (χ4v) is 2.87. The van der Waals surface area contributed by atoms with E-state index in [2.05, 4.69) is 21.2 Å². The van der Waals surface area contributed by atoms with Crippen molar-refractivity contribution in [2.75, 3.05) is 18.4 Å². The number of hydrogen-bond acceptors (Lipinski definition) is 2. The Hall–Kier alpha value is -1.27. The van der Waals surface area contributed by atoms with E-state index in [1.165, 1.54) is 4.90 Å². The van der Waals surface area contributed by atoms with Crippen LogP contribution in [0, 0.1) is 5.92 Å². The lowest BCUT2D eigenvalue weighted by atomic mass is 9.99. The van der Waals surface area contributed by atoms with Crippen molar-refractivity contribution in [3.05, 3.63) is 27.7 Å². The lowest BCUT2D eigenvalue weighted by Crippen LogP contribution is -2.44. The summed E-state index contributed by atoms with van der Waals surface area (Å²) in [4.78, 5) is 24.6. The SMILES string of the molecule is O=C(O)[C@H]1CCCN(C(=O)Nc2ccc(Br)cc2Cl)C1. The van der Waals surface area contributed by atoms with Gasteiger partial charge in [-0.2, -0.15) is 0 Å². The molecule has 1 atom stereocenters. The number of carboxylic acid groups (broad SMARTS) is 1. The Bertz CT molecular complexity index is 538. The number of benzene rings is 1. The molecule has 1 heterocycles. The fraction of sp³-hybridized carbons (Fsp3) is 0.385. The minimum absolute atomic E-state index is 0.231. The van der Waals surface area contributed by atoms with Crippen molar-refractivity contribution < 1.29 is 14.7 Å². The summed E-state index contributed by atoms with van der Waals surface area (Å²) in [5.41, 5.74) is 0.511. The van der Waals surface area contributed by atoms with Gasteiger partial charge in [0.05, 0.1) is 16.6 Å². The van der Waals surface area contributed by atoms with Gasteiger partial charge >= 0.3 is 12.0 Å². The van der Waals surface area contributed by atoms with Crippen molar-refractivity contribution in [3.8, 4) is 0 Å². The van der Waals surface area contributed by atoms with Gasteiger partial charge in [-0.15, -0.1) is 0 Å². The smallest absolute Gasteiger partial charge is 0.321 e. The van der Waals surface area contributed by atoms with E-state index >= 15 is 0 Å². The Morgan fingerprint density at radius 1 is 1.45 bits per heavy atom. The van der Waals surface area contributed by atoms with E-state index in [-0.39, 0.29) is 12.6 Å². The maximum atomic E-state index is 12.1. The maximum absolute atomic E-state index is 12.1. The highest BCUT2D eigenvalue weighted by molar-refractivity contribution is 9.10. The van der Waals surface area contributed by atoms with Crippen LogP contribution in [-0.2, 0) is 4.79 Å². The van der Waals surface area contributed by atoms with Gasteiger partial charge in [0.15, 0.2) is 0 Å². The molecule has 0 aromatic heterocycles. The van der Waals surface area contributed by atoms with Crippen LogP contribution in [0.3, 0.4) is 0 Å². The predicted molar refractivity (Wildman–Crippen MR) is 80.1 cm³/mol. The third-order valence-corrected chi connectivity index (χ3v) is 4.04. The summed E-state index contributed by atoms with van der Waals surface area (Å²) < 4.78 is 0.824. The highest BCUT2D eigenvalue weighted by Crippen LogP contribution is 2.26. The zero-order chi connectivity index (χ0) is 14.7. The maximum Gasteiger partial charge on any atom is 0.321 e. The second-order valence-corrected chi connectivity index (χ2v) is 6.00. The monoisotopic (exact) mass is 360 g/mol. The van der Waals surface area contributed by atoms with E-state index in [4.69, 9.17) is 16.7 Å². The molecule has 0 spiro atoms. The zero-order valence-corrected chi connectivity index (χ0v) is 12.9. The number of rotatable bonds is 2. The zero-order valence-electron chi connectivity index (χ0n) is 10.6. The Kier molecular flexibility index (Phi) is 4.88. The molecule has 2 rings (SSSR count). The number of likely N-dealkylation sites (tertiary alicyclic amines) is 1. The third-order valence-electron chi connectivity index (χ3n) is 3.23. The van der Waals surface area contributed by atoms with E-state index in [1.54, 1.807) is 18.2 Å². The van der Waals surface area contributed by atoms with E-state index in [0.29, 0.717) is 30.1 Å². The largest absolute Gasteiger partial charge is 0.481 e. The number of hydrogen-bond donors (Lipinski definition) is 2. The predicted octanol–water partition coefficient (Wildman–Crippen LogP) is 3.43. The summed E-state index contributed by atoms with van der Waals surface area (Å²) in [6.45, 7) is 0.791. The fourth-order valence-electron chi connectivity index (χ4n) is 2.15. The number of nitrogens with one attached hydrogen (secondary N) is 1. The van der Waals surface area contributed by atoms with Gasteiger partial charge in [0.2, 0.25) is 0 Å². The lowest BCUT2D eigenvalue weighted by Gasteiger charge is -2.30. The van der Waals surface area contributed by atoms with Crippen molar-refractivity contribution in [3.63, 3.8) is 0 Å². The summed E-state index contributed by atoms with van der Waals surface area (Å²) in [6.07, 6.45) is 1.30. The molecule has 1 aromatic carbocycles. The van der Waals surface area contributed by atoms with Gasteiger partial charge in [0, 0.05) is 17.6 Å². The topological polar surface area (TPSA) is 69.6 Å². The van der Waals surface area contributed by atoms with Crippen molar-refractivity contribution in [1.82, 2.24) is 4.90 Å². The van der Waals surface area contributed by atoms with Crippen molar-refractivity contribution >= 4 is 45.2 Å². The first kappa shape index (κ1) is 15.1. The van der Waals surface area contributed by atoms with Gasteiger partial charge in [0.25, 0.3) is 0 Å². The summed E-state index contributed by atoms with van der Waals surface area (Å²) in [7, 11) is 0. The summed E-state index contributed by atoms with van der Waals surface area (Å²) in [6, 6.07) is 4.84. The van der Waals surface area contributed by atoms with Crippen LogP contribution in [0.4, 0.5) is 10.5 Å². The van der Waals surface area contributed by atoms with Gasteiger partial charge < -0.3 is 15.3 Å². The minimum Gasteiger partial charge on any atom is -0.481 e. The summed E-state index contributed by atoms with van der Waals surface area (Å²) in [5, 5.41) is 12.2. The molecule has 1 saturated heterocycles. The van der Waals surface area contributed by atoms with Crippen LogP contribution >= 0.6 is 27.5 Å². The molecule has 0 radical (unpaired) electrons. The van der Waals surface area contributed by atoms with E-state index in [1.807, 2.05) is 0 Å². The molecule has 1 fully saturated rings. The van der Waals surface area contributed by atoms with Gasteiger partial charge in [-0.3, -0.25) is 4.79 Å². The highest BCUT2D eigenvalue weighted by Gasteiger charge is 2.28. The normalized spacial score (nSPS) is 18.7. The highest BCUT2D eigenvalue weighted by atomic mass is 79.9. The molecule has 2 N–H and O–H groups in total. The second-order valence-electron chi connectivity index (χ2n) is 4.68. The Morgan fingerprint density at radius 2 is 2.20 bits per heavy atom. The number of halogens is 2. The van der Waals surface area contributed by atoms with Crippen LogP contribution in [0.25, 0.3) is 0 Å². The van der Waals surface area contributed by atoms with Crippen molar-refractivity contribution in [2.45, 2.75) is 12.8 Å². The number of carbonyl (C=O) groups excluding carboxylic acids is 1. The molecule has 7 heteroatoms. The van der Waals surface area contributed by atoms with Crippen LogP contribution in [0.1, 0.15) is 12.8 Å². The Balaban J connectivity index is 2.02. The number of aliphatic carboxylic acids is 1. The van der Waals surface area contributed by atoms with Crippen LogP contribution in [0.15, 0.2) is 22.7 Å². The third kappa shape index (κ3) is 3.64. The van der Waals surface area contributed by atoms with Gasteiger partial charge in [0.1, 0.15) is 0 Å². The molecule has 5 nitrogen and oxygen atoms in total. The summed E-state index contributed by atoms with van der Waals surface area (Å²) in [5.74, 6) is -1.35. The molecule has 1 aromatic rings. The number of piperidine rings is 1. The first-order valence-corrected chi connectivity index (χ1v) is 7.38. The first-order chi connectivity index (χ1) is 9.47. The first-order valence-electron chi connectivity index (χ1n) is 6.21.